The Bertz CT molecular complexity index is 689. The van der Waals surface area contributed by atoms with E-state index >= 15 is 0 Å². The van der Waals surface area contributed by atoms with E-state index in [9.17, 15) is 9.59 Å². The minimum absolute atomic E-state index is 0.0390. The van der Waals surface area contributed by atoms with Crippen molar-refractivity contribution in [2.75, 3.05) is 5.32 Å². The molecule has 0 atom stereocenters. The van der Waals surface area contributed by atoms with Gasteiger partial charge in [-0.15, -0.1) is 0 Å². The number of hydrogen-bond donors (Lipinski definition) is 2. The molecule has 0 radical (unpaired) electrons. The maximum absolute atomic E-state index is 12.3. The topological polar surface area (TPSA) is 58.2 Å². The van der Waals surface area contributed by atoms with Crippen molar-refractivity contribution in [1.82, 2.24) is 5.32 Å². The predicted molar refractivity (Wildman–Crippen MR) is 95.2 cm³/mol. The number of anilines is 1. The third-order valence-corrected chi connectivity index (χ3v) is 4.38. The van der Waals surface area contributed by atoms with Crippen LogP contribution in [-0.2, 0) is 0 Å². The van der Waals surface area contributed by atoms with E-state index in [1.807, 2.05) is 18.2 Å². The average Bonchev–Trinajstić information content (AvgIpc) is 2.64. The Morgan fingerprint density at radius 3 is 2.04 bits per heavy atom. The molecular weight excluding hydrogens is 300 g/mol. The quantitative estimate of drug-likeness (QED) is 0.894. The second-order valence-electron chi connectivity index (χ2n) is 6.21. The number of nitrogens with one attached hydrogen (secondary N) is 2. The highest BCUT2D eigenvalue weighted by molar-refractivity contribution is 6.04. The van der Waals surface area contributed by atoms with E-state index in [0.29, 0.717) is 22.9 Å². The van der Waals surface area contributed by atoms with Crippen LogP contribution in [0.1, 0.15) is 52.8 Å². The van der Waals surface area contributed by atoms with Crippen LogP contribution in [-0.4, -0.2) is 17.9 Å². The molecule has 4 nitrogen and oxygen atoms in total. The van der Waals surface area contributed by atoms with E-state index in [2.05, 4.69) is 10.6 Å². The van der Waals surface area contributed by atoms with Crippen molar-refractivity contribution in [2.45, 2.75) is 38.1 Å². The first-order valence-corrected chi connectivity index (χ1v) is 8.50. The van der Waals surface area contributed by atoms with Crippen molar-refractivity contribution >= 4 is 17.5 Å². The Balaban J connectivity index is 1.58. The first kappa shape index (κ1) is 16.2. The van der Waals surface area contributed by atoms with Gasteiger partial charge in [-0.25, -0.2) is 0 Å². The molecule has 124 valence electrons. The van der Waals surface area contributed by atoms with Gasteiger partial charge in [-0.1, -0.05) is 37.5 Å². The van der Waals surface area contributed by atoms with Gasteiger partial charge in [0.1, 0.15) is 0 Å². The summed E-state index contributed by atoms with van der Waals surface area (Å²) in [6, 6.07) is 16.4. The molecule has 0 aliphatic heterocycles. The van der Waals surface area contributed by atoms with Gasteiger partial charge < -0.3 is 10.6 Å². The molecule has 4 heteroatoms. The van der Waals surface area contributed by atoms with Crippen molar-refractivity contribution in [1.29, 1.82) is 0 Å². The van der Waals surface area contributed by atoms with E-state index < -0.39 is 0 Å². The van der Waals surface area contributed by atoms with Crippen molar-refractivity contribution in [3.63, 3.8) is 0 Å². The predicted octanol–water partition coefficient (Wildman–Crippen LogP) is 4.00. The van der Waals surface area contributed by atoms with Crippen LogP contribution >= 0.6 is 0 Å². The minimum atomic E-state index is -0.157. The van der Waals surface area contributed by atoms with Gasteiger partial charge in [-0.2, -0.15) is 0 Å². The zero-order valence-electron chi connectivity index (χ0n) is 13.6. The largest absolute Gasteiger partial charge is 0.349 e. The molecule has 1 fully saturated rings. The van der Waals surface area contributed by atoms with Crippen LogP contribution in [0.15, 0.2) is 54.6 Å². The SMILES string of the molecule is O=C(Nc1ccc(C(=O)NC2CCCCC2)cc1)c1ccccc1. The van der Waals surface area contributed by atoms with Crippen LogP contribution in [0.3, 0.4) is 0 Å². The molecule has 0 spiro atoms. The lowest BCUT2D eigenvalue weighted by Crippen LogP contribution is -2.36. The zero-order chi connectivity index (χ0) is 16.8. The summed E-state index contributed by atoms with van der Waals surface area (Å²) in [6.07, 6.45) is 5.78. The summed E-state index contributed by atoms with van der Waals surface area (Å²) in [6.45, 7) is 0. The molecule has 0 aromatic heterocycles. The van der Waals surface area contributed by atoms with E-state index in [0.717, 1.165) is 12.8 Å². The maximum Gasteiger partial charge on any atom is 0.255 e. The van der Waals surface area contributed by atoms with Gasteiger partial charge in [0.15, 0.2) is 0 Å². The molecule has 24 heavy (non-hydrogen) atoms. The lowest BCUT2D eigenvalue weighted by molar-refractivity contribution is 0.0927. The first-order chi connectivity index (χ1) is 11.7. The molecule has 2 amide bonds. The van der Waals surface area contributed by atoms with Gasteiger partial charge in [0, 0.05) is 22.9 Å². The number of carbonyl (C=O) groups excluding carboxylic acids is 2. The second kappa shape index (κ2) is 7.77. The number of rotatable bonds is 4. The Hall–Kier alpha value is -2.62. The highest BCUT2D eigenvalue weighted by atomic mass is 16.2. The third kappa shape index (κ3) is 4.22. The van der Waals surface area contributed by atoms with Crippen molar-refractivity contribution in [3.8, 4) is 0 Å². The molecule has 2 aromatic carbocycles. The van der Waals surface area contributed by atoms with Crippen LogP contribution in [0.25, 0.3) is 0 Å². The fourth-order valence-electron chi connectivity index (χ4n) is 3.01. The van der Waals surface area contributed by atoms with Gasteiger partial charge >= 0.3 is 0 Å². The van der Waals surface area contributed by atoms with Crippen molar-refractivity contribution in [2.24, 2.45) is 0 Å². The molecule has 1 aliphatic carbocycles. The fraction of sp³-hybridized carbons (Fsp3) is 0.300. The Kier molecular flexibility index (Phi) is 5.26. The average molecular weight is 322 g/mol. The molecule has 3 rings (SSSR count). The van der Waals surface area contributed by atoms with Crippen LogP contribution in [0.5, 0.6) is 0 Å². The van der Waals surface area contributed by atoms with Crippen molar-refractivity contribution in [3.05, 3.63) is 65.7 Å². The van der Waals surface area contributed by atoms with Crippen LogP contribution in [0.4, 0.5) is 5.69 Å². The first-order valence-electron chi connectivity index (χ1n) is 8.50. The van der Waals surface area contributed by atoms with E-state index in [-0.39, 0.29) is 11.8 Å². The molecule has 0 saturated heterocycles. The van der Waals surface area contributed by atoms with E-state index in [4.69, 9.17) is 0 Å². The summed E-state index contributed by atoms with van der Waals surface area (Å²) in [5.41, 5.74) is 1.91. The number of carbonyl (C=O) groups is 2. The molecule has 0 bridgehead atoms. The number of benzene rings is 2. The van der Waals surface area contributed by atoms with E-state index in [1.165, 1.54) is 19.3 Å². The monoisotopic (exact) mass is 322 g/mol. The van der Waals surface area contributed by atoms with Gasteiger partial charge in [0.25, 0.3) is 11.8 Å². The normalized spacial score (nSPS) is 14.8. The van der Waals surface area contributed by atoms with Crippen molar-refractivity contribution < 1.29 is 9.59 Å². The standard InChI is InChI=1S/C20H22N2O2/c23-19(15-7-3-1-4-8-15)22-18-13-11-16(12-14-18)20(24)21-17-9-5-2-6-10-17/h1,3-4,7-8,11-14,17H,2,5-6,9-10H2,(H,21,24)(H,22,23). The molecule has 2 N–H and O–H groups in total. The molecule has 0 unspecified atom stereocenters. The summed E-state index contributed by atoms with van der Waals surface area (Å²) < 4.78 is 0. The maximum atomic E-state index is 12.3. The summed E-state index contributed by atoms with van der Waals surface area (Å²) in [5.74, 6) is -0.196. The van der Waals surface area contributed by atoms with Gasteiger partial charge in [-0.05, 0) is 49.2 Å². The third-order valence-electron chi connectivity index (χ3n) is 4.38. The smallest absolute Gasteiger partial charge is 0.255 e. The second-order valence-corrected chi connectivity index (χ2v) is 6.21. The molecule has 1 saturated carbocycles. The van der Waals surface area contributed by atoms with E-state index in [1.54, 1.807) is 36.4 Å². The minimum Gasteiger partial charge on any atom is -0.349 e. The summed E-state index contributed by atoms with van der Waals surface area (Å²) in [4.78, 5) is 24.4. The lowest BCUT2D eigenvalue weighted by Gasteiger charge is -2.22. The lowest BCUT2D eigenvalue weighted by atomic mass is 9.95. The van der Waals surface area contributed by atoms with Gasteiger partial charge in [-0.3, -0.25) is 9.59 Å². The Labute approximate surface area is 142 Å². The Morgan fingerprint density at radius 2 is 1.38 bits per heavy atom. The van der Waals surface area contributed by atoms with Crippen LogP contribution in [0, 0.1) is 0 Å². The zero-order valence-corrected chi connectivity index (χ0v) is 13.6. The van der Waals surface area contributed by atoms with Gasteiger partial charge in [0.2, 0.25) is 0 Å². The molecule has 2 aromatic rings. The highest BCUT2D eigenvalue weighted by Gasteiger charge is 2.16. The molecule has 1 aliphatic rings. The number of hydrogen-bond acceptors (Lipinski definition) is 2. The van der Waals surface area contributed by atoms with Crippen LogP contribution in [0.2, 0.25) is 0 Å². The van der Waals surface area contributed by atoms with Gasteiger partial charge in [0.05, 0.1) is 0 Å². The summed E-state index contributed by atoms with van der Waals surface area (Å²) in [5, 5.41) is 5.93. The Morgan fingerprint density at radius 1 is 0.750 bits per heavy atom. The summed E-state index contributed by atoms with van der Waals surface area (Å²) in [7, 11) is 0. The molecule has 0 heterocycles. The van der Waals surface area contributed by atoms with Crippen LogP contribution < -0.4 is 10.6 Å². The molecular formula is C20H22N2O2. The highest BCUT2D eigenvalue weighted by Crippen LogP contribution is 2.18. The summed E-state index contributed by atoms with van der Waals surface area (Å²) >= 11 is 0. The number of amides is 2. The fourth-order valence-corrected chi connectivity index (χ4v) is 3.01.